The van der Waals surface area contributed by atoms with Crippen LogP contribution in [0.15, 0.2) is 0 Å². The molecule has 0 aliphatic carbocycles. The molecule has 0 aromatic heterocycles. The summed E-state index contributed by atoms with van der Waals surface area (Å²) in [4.78, 5) is 13.3. The van der Waals surface area contributed by atoms with Crippen LogP contribution in [0.2, 0.25) is 0 Å². The number of amides is 1. The molecule has 4 nitrogen and oxygen atoms in total. The monoisotopic (exact) mass is 227 g/mol. The third kappa shape index (κ3) is 2.95. The van der Waals surface area contributed by atoms with Crippen molar-refractivity contribution in [3.05, 3.63) is 0 Å². The molecule has 4 heteroatoms. The molecule has 0 spiro atoms. The Hall–Kier alpha value is -0.610. The lowest BCUT2D eigenvalue weighted by Crippen LogP contribution is -2.42. The summed E-state index contributed by atoms with van der Waals surface area (Å²) in [6, 6.07) is 0.137. The van der Waals surface area contributed by atoms with Crippen LogP contribution < -0.4 is 11.5 Å². The summed E-state index contributed by atoms with van der Waals surface area (Å²) in [7, 11) is 0. The van der Waals surface area contributed by atoms with Gasteiger partial charge in [-0.15, -0.1) is 0 Å². The van der Waals surface area contributed by atoms with Gasteiger partial charge in [-0.2, -0.15) is 0 Å². The van der Waals surface area contributed by atoms with Crippen molar-refractivity contribution in [2.75, 3.05) is 19.6 Å². The fourth-order valence-electron chi connectivity index (χ4n) is 2.70. The van der Waals surface area contributed by atoms with E-state index < -0.39 is 0 Å². The Bertz CT molecular complexity index is 238. The van der Waals surface area contributed by atoms with Crippen molar-refractivity contribution in [1.82, 2.24) is 4.90 Å². The number of nitrogens with two attached hydrogens (primary N) is 2. The Morgan fingerprint density at radius 2 is 2.06 bits per heavy atom. The molecule has 1 saturated heterocycles. The van der Waals surface area contributed by atoms with E-state index in [2.05, 4.69) is 18.7 Å². The summed E-state index contributed by atoms with van der Waals surface area (Å²) in [5, 5.41) is 0. The van der Waals surface area contributed by atoms with E-state index in [1.807, 2.05) is 0 Å². The van der Waals surface area contributed by atoms with Crippen LogP contribution in [0, 0.1) is 5.41 Å². The second kappa shape index (κ2) is 5.64. The predicted octanol–water partition coefficient (Wildman–Crippen LogP) is 0.701. The van der Waals surface area contributed by atoms with Crippen molar-refractivity contribution >= 4 is 5.91 Å². The maximum Gasteiger partial charge on any atom is 0.219 e. The molecule has 1 unspecified atom stereocenters. The molecule has 1 fully saturated rings. The van der Waals surface area contributed by atoms with Gasteiger partial charge in [0.25, 0.3) is 0 Å². The van der Waals surface area contributed by atoms with Crippen molar-refractivity contribution in [1.29, 1.82) is 0 Å². The van der Waals surface area contributed by atoms with Crippen molar-refractivity contribution in [3.63, 3.8) is 0 Å². The van der Waals surface area contributed by atoms with Crippen LogP contribution in [-0.4, -0.2) is 36.5 Å². The Balaban J connectivity index is 2.59. The number of hydrogen-bond donors (Lipinski definition) is 2. The third-order valence-electron chi connectivity index (χ3n) is 4.19. The van der Waals surface area contributed by atoms with Gasteiger partial charge in [-0.05, 0) is 31.2 Å². The van der Waals surface area contributed by atoms with Crippen LogP contribution >= 0.6 is 0 Å². The molecule has 16 heavy (non-hydrogen) atoms. The van der Waals surface area contributed by atoms with Crippen molar-refractivity contribution < 1.29 is 4.79 Å². The van der Waals surface area contributed by atoms with E-state index in [-0.39, 0.29) is 11.9 Å². The lowest BCUT2D eigenvalue weighted by Gasteiger charge is -2.30. The lowest BCUT2D eigenvalue weighted by atomic mass is 9.82. The van der Waals surface area contributed by atoms with Gasteiger partial charge in [0.2, 0.25) is 5.91 Å². The van der Waals surface area contributed by atoms with Gasteiger partial charge in [0.05, 0.1) is 0 Å². The second-order valence-corrected chi connectivity index (χ2v) is 4.99. The Labute approximate surface area is 98.3 Å². The number of primary amides is 1. The lowest BCUT2D eigenvalue weighted by molar-refractivity contribution is -0.119. The number of nitrogens with zero attached hydrogens (tertiary/aromatic N) is 1. The van der Waals surface area contributed by atoms with E-state index in [4.69, 9.17) is 11.5 Å². The zero-order valence-electron chi connectivity index (χ0n) is 10.5. The fourth-order valence-corrected chi connectivity index (χ4v) is 2.70. The topological polar surface area (TPSA) is 72.3 Å². The first kappa shape index (κ1) is 13.5. The standard InChI is InChI=1S/C12H25N3O/c1-3-12(4-2)5-6-15(9-12)10(8-13)7-11(14)16/h10H,3-9,13H2,1-2H3,(H2,14,16). The number of hydrogen-bond acceptors (Lipinski definition) is 3. The minimum absolute atomic E-state index is 0.137. The molecule has 1 heterocycles. The average Bonchev–Trinajstić information content (AvgIpc) is 2.70. The molecule has 0 bridgehead atoms. The van der Waals surface area contributed by atoms with E-state index in [0.717, 1.165) is 13.1 Å². The van der Waals surface area contributed by atoms with Crippen LogP contribution in [-0.2, 0) is 4.79 Å². The molecule has 0 aromatic carbocycles. The predicted molar refractivity (Wildman–Crippen MR) is 65.9 cm³/mol. The van der Waals surface area contributed by atoms with Gasteiger partial charge in [-0.1, -0.05) is 13.8 Å². The molecule has 94 valence electrons. The summed E-state index contributed by atoms with van der Waals surface area (Å²) in [5.41, 5.74) is 11.4. The Morgan fingerprint density at radius 1 is 1.44 bits per heavy atom. The molecule has 0 aromatic rings. The normalized spacial score (nSPS) is 22.2. The van der Waals surface area contributed by atoms with Crippen LogP contribution in [0.1, 0.15) is 39.5 Å². The zero-order valence-corrected chi connectivity index (χ0v) is 10.5. The first-order valence-electron chi connectivity index (χ1n) is 6.29. The zero-order chi connectivity index (χ0) is 12.2. The highest BCUT2D eigenvalue weighted by Gasteiger charge is 2.37. The molecular weight excluding hydrogens is 202 g/mol. The van der Waals surface area contributed by atoms with Gasteiger partial charge >= 0.3 is 0 Å². The summed E-state index contributed by atoms with van der Waals surface area (Å²) in [6.45, 7) is 7.13. The van der Waals surface area contributed by atoms with Gasteiger partial charge < -0.3 is 11.5 Å². The average molecular weight is 227 g/mol. The molecule has 1 rings (SSSR count). The maximum atomic E-state index is 11.0. The number of carbonyl (C=O) groups is 1. The quantitative estimate of drug-likeness (QED) is 0.701. The Morgan fingerprint density at radius 3 is 2.44 bits per heavy atom. The first-order valence-corrected chi connectivity index (χ1v) is 6.29. The highest BCUT2D eigenvalue weighted by Crippen LogP contribution is 2.37. The number of rotatable bonds is 6. The van der Waals surface area contributed by atoms with Gasteiger partial charge in [-0.3, -0.25) is 9.69 Å². The van der Waals surface area contributed by atoms with E-state index in [9.17, 15) is 4.79 Å². The van der Waals surface area contributed by atoms with Gasteiger partial charge in [0.15, 0.2) is 0 Å². The largest absolute Gasteiger partial charge is 0.370 e. The molecule has 1 amide bonds. The molecule has 0 saturated carbocycles. The summed E-state index contributed by atoms with van der Waals surface area (Å²) in [6.07, 6.45) is 4.01. The molecule has 1 aliphatic rings. The van der Waals surface area contributed by atoms with Crippen LogP contribution in [0.4, 0.5) is 0 Å². The van der Waals surface area contributed by atoms with E-state index in [1.165, 1.54) is 19.3 Å². The fraction of sp³-hybridized carbons (Fsp3) is 0.917. The molecule has 4 N–H and O–H groups in total. The molecule has 1 aliphatic heterocycles. The summed E-state index contributed by atoms with van der Waals surface area (Å²) < 4.78 is 0. The van der Waals surface area contributed by atoms with Crippen molar-refractivity contribution in [3.8, 4) is 0 Å². The van der Waals surface area contributed by atoms with Gasteiger partial charge in [0, 0.05) is 25.6 Å². The second-order valence-electron chi connectivity index (χ2n) is 4.99. The molecule has 0 radical (unpaired) electrons. The third-order valence-corrected chi connectivity index (χ3v) is 4.19. The Kier molecular flexibility index (Phi) is 4.74. The smallest absolute Gasteiger partial charge is 0.219 e. The SMILES string of the molecule is CCC1(CC)CCN(C(CN)CC(N)=O)C1. The van der Waals surface area contributed by atoms with Crippen LogP contribution in [0.5, 0.6) is 0 Å². The number of carbonyl (C=O) groups excluding carboxylic acids is 1. The van der Waals surface area contributed by atoms with E-state index in [1.54, 1.807) is 0 Å². The summed E-state index contributed by atoms with van der Waals surface area (Å²) in [5.74, 6) is -0.249. The van der Waals surface area contributed by atoms with E-state index in [0.29, 0.717) is 18.4 Å². The van der Waals surface area contributed by atoms with Crippen LogP contribution in [0.3, 0.4) is 0 Å². The minimum atomic E-state index is -0.249. The van der Waals surface area contributed by atoms with Crippen LogP contribution in [0.25, 0.3) is 0 Å². The maximum absolute atomic E-state index is 11.0. The number of likely N-dealkylation sites (tertiary alicyclic amines) is 1. The van der Waals surface area contributed by atoms with Crippen molar-refractivity contribution in [2.45, 2.75) is 45.6 Å². The van der Waals surface area contributed by atoms with Gasteiger partial charge in [0.1, 0.15) is 0 Å². The van der Waals surface area contributed by atoms with Gasteiger partial charge in [-0.25, -0.2) is 0 Å². The summed E-state index contributed by atoms with van der Waals surface area (Å²) >= 11 is 0. The van der Waals surface area contributed by atoms with Crippen molar-refractivity contribution in [2.24, 2.45) is 16.9 Å². The van der Waals surface area contributed by atoms with E-state index >= 15 is 0 Å². The molecule has 1 atom stereocenters. The first-order chi connectivity index (χ1) is 7.56. The minimum Gasteiger partial charge on any atom is -0.370 e. The highest BCUT2D eigenvalue weighted by atomic mass is 16.1. The molecular formula is C12H25N3O. The highest BCUT2D eigenvalue weighted by molar-refractivity contribution is 5.74.